The van der Waals surface area contributed by atoms with Crippen LogP contribution in [-0.4, -0.2) is 12.5 Å². The molecule has 3 N–H and O–H groups in total. The molecule has 3 nitrogen and oxygen atoms in total. The summed E-state index contributed by atoms with van der Waals surface area (Å²) < 4.78 is 0. The molecule has 4 rings (SSSR count). The third-order valence-corrected chi connectivity index (χ3v) is 6.55. The minimum atomic E-state index is -0.0502. The zero-order valence-corrected chi connectivity index (χ0v) is 18.0. The predicted octanol–water partition coefficient (Wildman–Crippen LogP) is 5.52. The molecule has 0 aromatic heterocycles. The fourth-order valence-corrected chi connectivity index (χ4v) is 4.62. The van der Waals surface area contributed by atoms with Crippen LogP contribution >= 0.6 is 0 Å². The van der Waals surface area contributed by atoms with E-state index in [-0.39, 0.29) is 17.9 Å². The van der Waals surface area contributed by atoms with E-state index < -0.39 is 0 Å². The molecule has 3 aromatic rings. The monoisotopic (exact) mass is 412 g/mol. The maximum Gasteiger partial charge on any atom is 0.223 e. The molecule has 1 amide bonds. The van der Waals surface area contributed by atoms with Crippen LogP contribution in [0.2, 0.25) is 0 Å². The van der Waals surface area contributed by atoms with Crippen molar-refractivity contribution in [2.24, 2.45) is 17.6 Å². The third kappa shape index (κ3) is 5.62. The Labute approximate surface area is 185 Å². The van der Waals surface area contributed by atoms with E-state index in [1.165, 1.54) is 16.7 Å². The summed E-state index contributed by atoms with van der Waals surface area (Å²) in [5.74, 6) is 0.853. The summed E-state index contributed by atoms with van der Waals surface area (Å²) in [7, 11) is 0. The first-order valence-electron chi connectivity index (χ1n) is 11.4. The van der Waals surface area contributed by atoms with Gasteiger partial charge in [0.15, 0.2) is 0 Å². The molecule has 1 fully saturated rings. The number of hydrogen-bond acceptors (Lipinski definition) is 2. The van der Waals surface area contributed by atoms with Crippen molar-refractivity contribution in [3.63, 3.8) is 0 Å². The predicted molar refractivity (Wildman–Crippen MR) is 127 cm³/mol. The van der Waals surface area contributed by atoms with Crippen molar-refractivity contribution in [3.05, 3.63) is 96.1 Å². The van der Waals surface area contributed by atoms with Crippen molar-refractivity contribution < 1.29 is 4.79 Å². The van der Waals surface area contributed by atoms with Crippen molar-refractivity contribution in [3.8, 4) is 11.1 Å². The highest BCUT2D eigenvalue weighted by atomic mass is 16.1. The van der Waals surface area contributed by atoms with Crippen LogP contribution in [0, 0.1) is 11.8 Å². The van der Waals surface area contributed by atoms with Crippen molar-refractivity contribution in [2.45, 2.75) is 38.1 Å². The highest BCUT2D eigenvalue weighted by Crippen LogP contribution is 2.30. The summed E-state index contributed by atoms with van der Waals surface area (Å²) in [5, 5.41) is 3.39. The molecule has 1 atom stereocenters. The van der Waals surface area contributed by atoms with E-state index in [4.69, 9.17) is 5.73 Å². The standard InChI is InChI=1S/C28H32N2O/c29-20-22-14-16-24(17-15-22)28(31)30-27(18-21-8-3-1-4-9-21)26-13-7-12-25(19-26)23-10-5-2-6-11-23/h1-13,19,22,24,27H,14-18,20,29H2,(H,30,31)/t22-,24-,27?. The largest absolute Gasteiger partial charge is 0.349 e. The van der Waals surface area contributed by atoms with Gasteiger partial charge in [-0.05, 0) is 72.9 Å². The molecule has 0 heterocycles. The Bertz CT molecular complexity index is 963. The molecule has 1 saturated carbocycles. The smallest absolute Gasteiger partial charge is 0.223 e. The molecule has 0 spiro atoms. The molecule has 0 radical (unpaired) electrons. The van der Waals surface area contributed by atoms with Crippen molar-refractivity contribution >= 4 is 5.91 Å². The van der Waals surface area contributed by atoms with Gasteiger partial charge in [0, 0.05) is 5.92 Å². The van der Waals surface area contributed by atoms with Crippen LogP contribution in [0.15, 0.2) is 84.9 Å². The van der Waals surface area contributed by atoms with E-state index in [1.54, 1.807) is 0 Å². The fourth-order valence-electron chi connectivity index (χ4n) is 4.62. The van der Waals surface area contributed by atoms with Gasteiger partial charge in [0.1, 0.15) is 0 Å². The minimum absolute atomic E-state index is 0.0502. The molecule has 0 aliphatic heterocycles. The van der Waals surface area contributed by atoms with Gasteiger partial charge in [-0.2, -0.15) is 0 Å². The van der Waals surface area contributed by atoms with Gasteiger partial charge in [0.05, 0.1) is 6.04 Å². The van der Waals surface area contributed by atoms with Crippen LogP contribution in [-0.2, 0) is 11.2 Å². The Hall–Kier alpha value is -2.91. The first kappa shape index (κ1) is 21.3. The Balaban J connectivity index is 1.55. The zero-order valence-electron chi connectivity index (χ0n) is 18.0. The van der Waals surface area contributed by atoms with Crippen LogP contribution in [0.1, 0.15) is 42.9 Å². The lowest BCUT2D eigenvalue weighted by Gasteiger charge is -2.29. The molecule has 1 aliphatic rings. The summed E-state index contributed by atoms with van der Waals surface area (Å²) in [6.45, 7) is 0.733. The molecule has 1 aliphatic carbocycles. The number of carbonyl (C=O) groups excluding carboxylic acids is 1. The van der Waals surface area contributed by atoms with Gasteiger partial charge in [0.25, 0.3) is 0 Å². The molecule has 3 aromatic carbocycles. The molecular weight excluding hydrogens is 380 g/mol. The van der Waals surface area contributed by atoms with Crippen molar-refractivity contribution in [1.82, 2.24) is 5.32 Å². The summed E-state index contributed by atoms with van der Waals surface area (Å²) in [4.78, 5) is 13.2. The van der Waals surface area contributed by atoms with Gasteiger partial charge < -0.3 is 11.1 Å². The number of amides is 1. The Morgan fingerprint density at radius 2 is 1.48 bits per heavy atom. The summed E-state index contributed by atoms with van der Waals surface area (Å²) in [6.07, 6.45) is 4.78. The molecule has 160 valence electrons. The van der Waals surface area contributed by atoms with Crippen molar-refractivity contribution in [2.75, 3.05) is 6.54 Å². The quantitative estimate of drug-likeness (QED) is 0.537. The maximum atomic E-state index is 13.2. The maximum absolute atomic E-state index is 13.2. The fraction of sp³-hybridized carbons (Fsp3) is 0.321. The SMILES string of the molecule is NC[C@H]1CC[C@H](C(=O)NC(Cc2ccccc2)c2cccc(-c3ccccc3)c2)CC1. The van der Waals surface area contributed by atoms with Gasteiger partial charge >= 0.3 is 0 Å². The topological polar surface area (TPSA) is 55.1 Å². The summed E-state index contributed by atoms with van der Waals surface area (Å²) >= 11 is 0. The zero-order chi connectivity index (χ0) is 21.5. The molecule has 31 heavy (non-hydrogen) atoms. The lowest BCUT2D eigenvalue weighted by atomic mass is 9.81. The second kappa shape index (κ2) is 10.4. The summed E-state index contributed by atoms with van der Waals surface area (Å²) in [6, 6.07) is 29.3. The van der Waals surface area contributed by atoms with Crippen LogP contribution < -0.4 is 11.1 Å². The van der Waals surface area contributed by atoms with Crippen LogP contribution in [0.25, 0.3) is 11.1 Å². The van der Waals surface area contributed by atoms with Crippen molar-refractivity contribution in [1.29, 1.82) is 0 Å². The van der Waals surface area contributed by atoms with Gasteiger partial charge in [-0.25, -0.2) is 0 Å². The number of nitrogens with one attached hydrogen (secondary N) is 1. The van der Waals surface area contributed by atoms with Crippen LogP contribution in [0.4, 0.5) is 0 Å². The average Bonchev–Trinajstić information content (AvgIpc) is 2.85. The van der Waals surface area contributed by atoms with Gasteiger partial charge in [-0.1, -0.05) is 78.9 Å². The first-order valence-corrected chi connectivity index (χ1v) is 11.4. The molecular formula is C28H32N2O. The Morgan fingerprint density at radius 3 is 2.16 bits per heavy atom. The normalized spacial score (nSPS) is 19.5. The summed E-state index contributed by atoms with van der Waals surface area (Å²) in [5.41, 5.74) is 10.6. The van der Waals surface area contributed by atoms with Gasteiger partial charge in [-0.15, -0.1) is 0 Å². The Morgan fingerprint density at radius 1 is 0.839 bits per heavy atom. The van der Waals surface area contributed by atoms with E-state index in [0.29, 0.717) is 5.92 Å². The molecule has 0 saturated heterocycles. The number of hydrogen-bond donors (Lipinski definition) is 2. The molecule has 1 unspecified atom stereocenters. The average molecular weight is 413 g/mol. The van der Waals surface area contributed by atoms with E-state index >= 15 is 0 Å². The van der Waals surface area contributed by atoms with Gasteiger partial charge in [0.2, 0.25) is 5.91 Å². The second-order valence-electron chi connectivity index (χ2n) is 8.70. The lowest BCUT2D eigenvalue weighted by molar-refractivity contribution is -0.127. The van der Waals surface area contributed by atoms with E-state index in [1.807, 2.05) is 12.1 Å². The first-order chi connectivity index (χ1) is 15.2. The third-order valence-electron chi connectivity index (χ3n) is 6.55. The molecule has 3 heteroatoms. The van der Waals surface area contributed by atoms with Crippen LogP contribution in [0.5, 0.6) is 0 Å². The molecule has 0 bridgehead atoms. The lowest BCUT2D eigenvalue weighted by Crippen LogP contribution is -2.37. The number of rotatable bonds is 7. The second-order valence-corrected chi connectivity index (χ2v) is 8.70. The van der Waals surface area contributed by atoms with E-state index in [9.17, 15) is 4.79 Å². The van der Waals surface area contributed by atoms with Crippen LogP contribution in [0.3, 0.4) is 0 Å². The number of nitrogens with two attached hydrogens (primary N) is 1. The number of benzene rings is 3. The highest BCUT2D eigenvalue weighted by molar-refractivity contribution is 5.79. The van der Waals surface area contributed by atoms with E-state index in [0.717, 1.165) is 44.2 Å². The van der Waals surface area contributed by atoms with Gasteiger partial charge in [-0.3, -0.25) is 4.79 Å². The number of carbonyl (C=O) groups is 1. The van der Waals surface area contributed by atoms with E-state index in [2.05, 4.69) is 78.1 Å². The highest BCUT2D eigenvalue weighted by Gasteiger charge is 2.27. The minimum Gasteiger partial charge on any atom is -0.349 e. The Kier molecular flexibility index (Phi) is 7.16.